The predicted octanol–water partition coefficient (Wildman–Crippen LogP) is 2.47. The number of fused-ring (bicyclic) bond motifs is 1. The van der Waals surface area contributed by atoms with Crippen LogP contribution in [0.25, 0.3) is 0 Å². The van der Waals surface area contributed by atoms with Crippen LogP contribution in [0.15, 0.2) is 11.1 Å². The van der Waals surface area contributed by atoms with Gasteiger partial charge in [-0.25, -0.2) is 4.79 Å². The Balaban J connectivity index is 2.28. The number of nitriles is 1. The van der Waals surface area contributed by atoms with Gasteiger partial charge < -0.3 is 10.4 Å². The molecule has 0 saturated carbocycles. The summed E-state index contributed by atoms with van der Waals surface area (Å²) in [7, 11) is 0. The van der Waals surface area contributed by atoms with E-state index < -0.39 is 11.9 Å². The lowest BCUT2D eigenvalue weighted by molar-refractivity contribution is -0.133. The summed E-state index contributed by atoms with van der Waals surface area (Å²) in [4.78, 5) is 24.0. The van der Waals surface area contributed by atoms with Crippen molar-refractivity contribution in [2.45, 2.75) is 33.1 Å². The van der Waals surface area contributed by atoms with Gasteiger partial charge in [-0.1, -0.05) is 0 Å². The number of hydrogen-bond donors (Lipinski definition) is 2. The van der Waals surface area contributed by atoms with Crippen molar-refractivity contribution in [3.05, 3.63) is 27.2 Å². The first kappa shape index (κ1) is 14.3. The van der Waals surface area contributed by atoms with Crippen molar-refractivity contribution in [1.82, 2.24) is 0 Å². The number of thiophene rings is 1. The molecule has 6 heteroatoms. The van der Waals surface area contributed by atoms with E-state index in [9.17, 15) is 14.9 Å². The fourth-order valence-electron chi connectivity index (χ4n) is 2.14. The second-order valence-corrected chi connectivity index (χ2v) is 5.79. The summed E-state index contributed by atoms with van der Waals surface area (Å²) < 4.78 is 0. The number of aliphatic carboxylic acids is 1. The summed E-state index contributed by atoms with van der Waals surface area (Å²) >= 11 is 1.41. The minimum Gasteiger partial charge on any atom is -0.478 e. The Morgan fingerprint density at radius 2 is 2.00 bits per heavy atom. The fraction of sp³-hybridized carbons (Fsp3) is 0.357. The van der Waals surface area contributed by atoms with E-state index in [4.69, 9.17) is 5.11 Å². The van der Waals surface area contributed by atoms with Gasteiger partial charge in [-0.3, -0.25) is 4.79 Å². The lowest BCUT2D eigenvalue weighted by Gasteiger charge is -2.06. The number of carbonyl (C=O) groups excluding carboxylic acids is 1. The monoisotopic (exact) mass is 290 g/mol. The summed E-state index contributed by atoms with van der Waals surface area (Å²) in [5.41, 5.74) is 1.71. The second-order valence-electron chi connectivity index (χ2n) is 4.68. The minimum absolute atomic E-state index is 0.00473. The van der Waals surface area contributed by atoms with Crippen molar-refractivity contribution in [3.63, 3.8) is 0 Å². The summed E-state index contributed by atoms with van der Waals surface area (Å²) in [6.07, 6.45) is 2.85. The molecule has 1 aliphatic carbocycles. The van der Waals surface area contributed by atoms with Crippen molar-refractivity contribution in [3.8, 4) is 6.07 Å². The molecule has 0 fully saturated rings. The largest absolute Gasteiger partial charge is 0.478 e. The quantitative estimate of drug-likeness (QED) is 0.837. The highest BCUT2D eigenvalue weighted by molar-refractivity contribution is 7.16. The molecule has 1 aromatic heterocycles. The number of amides is 1. The number of anilines is 1. The van der Waals surface area contributed by atoms with E-state index in [0.29, 0.717) is 10.6 Å². The standard InChI is InChI=1S/C14H14N2O3S/c1-7(8(2)14(18)19)12(17)16-13-10(6-15)9-4-3-5-11(9)20-13/h3-5H2,1-2H3,(H,16,17)(H,18,19). The normalized spacial score (nSPS) is 14.2. The van der Waals surface area contributed by atoms with E-state index in [1.54, 1.807) is 0 Å². The maximum atomic E-state index is 12.0. The van der Waals surface area contributed by atoms with Crippen molar-refractivity contribution >= 4 is 28.2 Å². The second kappa shape index (κ2) is 5.47. The molecular weight excluding hydrogens is 276 g/mol. The lowest BCUT2D eigenvalue weighted by Crippen LogP contribution is -2.16. The molecule has 2 rings (SSSR count). The van der Waals surface area contributed by atoms with Crippen LogP contribution < -0.4 is 5.32 Å². The molecule has 0 atom stereocenters. The molecule has 0 bridgehead atoms. The van der Waals surface area contributed by atoms with E-state index in [-0.39, 0.29) is 11.1 Å². The number of nitrogens with one attached hydrogen (secondary N) is 1. The van der Waals surface area contributed by atoms with Crippen LogP contribution in [0.2, 0.25) is 0 Å². The molecule has 20 heavy (non-hydrogen) atoms. The van der Waals surface area contributed by atoms with Crippen LogP contribution in [0.3, 0.4) is 0 Å². The number of carboxylic acid groups (broad SMARTS) is 1. The molecule has 0 aliphatic heterocycles. The molecule has 1 amide bonds. The maximum Gasteiger partial charge on any atom is 0.331 e. The number of carboxylic acids is 1. The summed E-state index contributed by atoms with van der Waals surface area (Å²) in [6.45, 7) is 2.85. The summed E-state index contributed by atoms with van der Waals surface area (Å²) in [6, 6.07) is 2.14. The van der Waals surface area contributed by atoms with E-state index in [1.165, 1.54) is 25.2 Å². The van der Waals surface area contributed by atoms with Crippen LogP contribution >= 0.6 is 11.3 Å². The Kier molecular flexibility index (Phi) is 3.91. The molecule has 2 N–H and O–H groups in total. The average Bonchev–Trinajstić information content (AvgIpc) is 2.96. The first-order chi connectivity index (χ1) is 9.45. The van der Waals surface area contributed by atoms with Gasteiger partial charge in [-0.15, -0.1) is 11.3 Å². The van der Waals surface area contributed by atoms with Gasteiger partial charge in [-0.05, 0) is 38.7 Å². The molecule has 0 saturated heterocycles. The number of carbonyl (C=O) groups is 2. The molecule has 104 valence electrons. The zero-order valence-corrected chi connectivity index (χ0v) is 12.1. The molecule has 0 unspecified atom stereocenters. The molecule has 0 radical (unpaired) electrons. The zero-order valence-electron chi connectivity index (χ0n) is 11.2. The highest BCUT2D eigenvalue weighted by Gasteiger charge is 2.23. The van der Waals surface area contributed by atoms with Crippen molar-refractivity contribution in [2.75, 3.05) is 5.32 Å². The highest BCUT2D eigenvalue weighted by Crippen LogP contribution is 2.38. The summed E-state index contributed by atoms with van der Waals surface area (Å²) in [5.74, 6) is -1.59. The van der Waals surface area contributed by atoms with E-state index in [1.807, 2.05) is 0 Å². The average molecular weight is 290 g/mol. The van der Waals surface area contributed by atoms with Gasteiger partial charge >= 0.3 is 5.97 Å². The van der Waals surface area contributed by atoms with E-state index in [2.05, 4.69) is 11.4 Å². The third kappa shape index (κ3) is 2.45. The Morgan fingerprint density at radius 1 is 1.30 bits per heavy atom. The van der Waals surface area contributed by atoms with Gasteiger partial charge in [0.1, 0.15) is 11.1 Å². The molecule has 1 aliphatic rings. The molecular formula is C14H14N2O3S. The van der Waals surface area contributed by atoms with Gasteiger partial charge in [0, 0.05) is 16.0 Å². The molecule has 0 aromatic carbocycles. The Hall–Kier alpha value is -2.13. The van der Waals surface area contributed by atoms with Gasteiger partial charge in [0.2, 0.25) is 0 Å². The van der Waals surface area contributed by atoms with Crippen LogP contribution in [0.4, 0.5) is 5.00 Å². The van der Waals surface area contributed by atoms with Crippen molar-refractivity contribution < 1.29 is 14.7 Å². The van der Waals surface area contributed by atoms with Gasteiger partial charge in [-0.2, -0.15) is 5.26 Å². The number of aryl methyl sites for hydroxylation is 1. The van der Waals surface area contributed by atoms with Crippen molar-refractivity contribution in [1.29, 1.82) is 5.26 Å². The smallest absolute Gasteiger partial charge is 0.331 e. The van der Waals surface area contributed by atoms with Crippen LogP contribution in [0.1, 0.15) is 36.3 Å². The lowest BCUT2D eigenvalue weighted by atomic mass is 10.1. The number of nitrogens with zero attached hydrogens (tertiary/aromatic N) is 1. The Bertz CT molecular complexity index is 665. The SMILES string of the molecule is CC(C(=O)O)=C(C)C(=O)Nc1sc2c(c1C#N)CCC2. The Morgan fingerprint density at radius 3 is 2.60 bits per heavy atom. The van der Waals surface area contributed by atoms with Gasteiger partial charge in [0.15, 0.2) is 0 Å². The topological polar surface area (TPSA) is 90.2 Å². The summed E-state index contributed by atoms with van der Waals surface area (Å²) in [5, 5.41) is 21.3. The predicted molar refractivity (Wildman–Crippen MR) is 75.7 cm³/mol. The van der Waals surface area contributed by atoms with Gasteiger partial charge in [0.25, 0.3) is 5.91 Å². The number of rotatable bonds is 3. The highest BCUT2D eigenvalue weighted by atomic mass is 32.1. The van der Waals surface area contributed by atoms with Crippen LogP contribution in [0.5, 0.6) is 0 Å². The first-order valence-electron chi connectivity index (χ1n) is 6.22. The third-order valence-electron chi connectivity index (χ3n) is 3.48. The zero-order chi connectivity index (χ0) is 14.9. The van der Waals surface area contributed by atoms with Crippen molar-refractivity contribution in [2.24, 2.45) is 0 Å². The first-order valence-corrected chi connectivity index (χ1v) is 7.04. The van der Waals surface area contributed by atoms with Crippen LogP contribution in [-0.2, 0) is 22.4 Å². The molecule has 1 heterocycles. The van der Waals surface area contributed by atoms with E-state index >= 15 is 0 Å². The third-order valence-corrected chi connectivity index (χ3v) is 4.69. The van der Waals surface area contributed by atoms with Gasteiger partial charge in [0.05, 0.1) is 5.56 Å². The van der Waals surface area contributed by atoms with Crippen LogP contribution in [-0.4, -0.2) is 17.0 Å². The molecule has 5 nitrogen and oxygen atoms in total. The minimum atomic E-state index is -1.12. The fourth-order valence-corrected chi connectivity index (χ4v) is 3.37. The molecule has 0 spiro atoms. The molecule has 1 aromatic rings. The van der Waals surface area contributed by atoms with Crippen LogP contribution in [0, 0.1) is 11.3 Å². The Labute approximate surface area is 120 Å². The van der Waals surface area contributed by atoms with E-state index in [0.717, 1.165) is 29.7 Å². The number of hydrogen-bond acceptors (Lipinski definition) is 4. The maximum absolute atomic E-state index is 12.0.